The van der Waals surface area contributed by atoms with Gasteiger partial charge >= 0.3 is 0 Å². The molecule has 0 saturated heterocycles. The van der Waals surface area contributed by atoms with Gasteiger partial charge in [0.2, 0.25) is 0 Å². The molecule has 120 valence electrons. The zero-order valence-electron chi connectivity index (χ0n) is 12.3. The first kappa shape index (κ1) is 15.9. The highest BCUT2D eigenvalue weighted by atomic mass is 32.1. The average Bonchev–Trinajstić information content (AvgIpc) is 3.00. The number of amides is 1. The smallest absolute Gasteiger partial charge is 0.256 e. The van der Waals surface area contributed by atoms with Gasteiger partial charge in [-0.15, -0.1) is 11.3 Å². The molecular formula is C18H11FNO3S-. The van der Waals surface area contributed by atoms with E-state index in [1.54, 1.807) is 29.6 Å². The summed E-state index contributed by atoms with van der Waals surface area (Å²) >= 11 is 1.10. The average molecular weight is 340 g/mol. The Morgan fingerprint density at radius 3 is 2.29 bits per heavy atom. The van der Waals surface area contributed by atoms with Crippen LogP contribution < -0.4 is 10.4 Å². The van der Waals surface area contributed by atoms with Gasteiger partial charge in [0.25, 0.3) is 5.91 Å². The van der Waals surface area contributed by atoms with Gasteiger partial charge in [-0.05, 0) is 29.8 Å². The maximum absolute atomic E-state index is 12.9. The number of rotatable bonds is 4. The molecule has 0 aliphatic carbocycles. The summed E-state index contributed by atoms with van der Waals surface area (Å²) in [5.41, 5.74) is 1.36. The molecule has 0 atom stereocenters. The summed E-state index contributed by atoms with van der Waals surface area (Å²) in [5.74, 6) is -2.34. The molecule has 4 nitrogen and oxygen atoms in total. The lowest BCUT2D eigenvalue weighted by Crippen LogP contribution is -2.24. The minimum Gasteiger partial charge on any atom is -0.545 e. The number of carboxylic acids is 1. The van der Waals surface area contributed by atoms with Crippen LogP contribution in [-0.4, -0.2) is 11.9 Å². The van der Waals surface area contributed by atoms with Crippen LogP contribution in [0.2, 0.25) is 0 Å². The van der Waals surface area contributed by atoms with Crippen molar-refractivity contribution in [2.24, 2.45) is 0 Å². The molecule has 1 N–H and O–H groups in total. The zero-order chi connectivity index (χ0) is 17.1. The minimum atomic E-state index is -1.37. The fourth-order valence-electron chi connectivity index (χ4n) is 2.26. The first-order valence-electron chi connectivity index (χ1n) is 7.01. The van der Waals surface area contributed by atoms with Gasteiger partial charge in [0.15, 0.2) is 0 Å². The van der Waals surface area contributed by atoms with E-state index in [9.17, 15) is 19.1 Å². The largest absolute Gasteiger partial charge is 0.545 e. The maximum Gasteiger partial charge on any atom is 0.256 e. The molecule has 0 unspecified atom stereocenters. The predicted octanol–water partition coefficient (Wildman–Crippen LogP) is 3.17. The summed E-state index contributed by atoms with van der Waals surface area (Å²) in [5, 5.41) is 15.9. The molecule has 2 aromatic carbocycles. The van der Waals surface area contributed by atoms with Crippen LogP contribution in [0.1, 0.15) is 20.7 Å². The van der Waals surface area contributed by atoms with Gasteiger partial charge < -0.3 is 15.2 Å². The van der Waals surface area contributed by atoms with E-state index >= 15 is 0 Å². The molecule has 0 aliphatic rings. The molecule has 0 radical (unpaired) electrons. The SMILES string of the molecule is O=C(Nc1scc(-c2ccccc2)c1C(=O)[O-])c1ccc(F)cc1. The summed E-state index contributed by atoms with van der Waals surface area (Å²) in [4.78, 5) is 23.7. The highest BCUT2D eigenvalue weighted by Crippen LogP contribution is 2.35. The van der Waals surface area contributed by atoms with Crippen LogP contribution in [0.25, 0.3) is 11.1 Å². The van der Waals surface area contributed by atoms with Gasteiger partial charge in [0.05, 0.1) is 5.97 Å². The molecule has 1 amide bonds. The third-order valence-corrected chi connectivity index (χ3v) is 4.31. The van der Waals surface area contributed by atoms with E-state index in [1.807, 2.05) is 6.07 Å². The Morgan fingerprint density at radius 1 is 1.00 bits per heavy atom. The Balaban J connectivity index is 1.94. The number of halogens is 1. The Morgan fingerprint density at radius 2 is 1.67 bits per heavy atom. The summed E-state index contributed by atoms with van der Waals surface area (Å²) in [6.45, 7) is 0. The molecule has 0 saturated carbocycles. The minimum absolute atomic E-state index is 0.0679. The fourth-order valence-corrected chi connectivity index (χ4v) is 3.21. The van der Waals surface area contributed by atoms with Crippen LogP contribution >= 0.6 is 11.3 Å². The molecule has 0 bridgehead atoms. The number of hydrogen-bond donors (Lipinski definition) is 1. The van der Waals surface area contributed by atoms with E-state index in [0.717, 1.165) is 16.9 Å². The molecule has 0 fully saturated rings. The summed E-state index contributed by atoms with van der Waals surface area (Å²) in [7, 11) is 0. The van der Waals surface area contributed by atoms with Crippen LogP contribution in [0.3, 0.4) is 0 Å². The van der Waals surface area contributed by atoms with Gasteiger partial charge in [-0.1, -0.05) is 30.3 Å². The third kappa shape index (κ3) is 3.18. The zero-order valence-corrected chi connectivity index (χ0v) is 13.1. The normalized spacial score (nSPS) is 10.4. The topological polar surface area (TPSA) is 69.2 Å². The number of carbonyl (C=O) groups is 2. The predicted molar refractivity (Wildman–Crippen MR) is 88.4 cm³/mol. The van der Waals surface area contributed by atoms with Crippen LogP contribution in [0.5, 0.6) is 0 Å². The van der Waals surface area contributed by atoms with E-state index < -0.39 is 17.7 Å². The van der Waals surface area contributed by atoms with E-state index in [-0.39, 0.29) is 16.1 Å². The van der Waals surface area contributed by atoms with Crippen molar-refractivity contribution >= 4 is 28.2 Å². The Hall–Kier alpha value is -2.99. The van der Waals surface area contributed by atoms with E-state index in [1.165, 1.54) is 24.3 Å². The summed E-state index contributed by atoms with van der Waals surface area (Å²) in [6.07, 6.45) is 0. The molecule has 24 heavy (non-hydrogen) atoms. The number of anilines is 1. The lowest BCUT2D eigenvalue weighted by atomic mass is 10.0. The van der Waals surface area contributed by atoms with Crippen molar-refractivity contribution < 1.29 is 19.1 Å². The second-order valence-corrected chi connectivity index (χ2v) is 5.85. The van der Waals surface area contributed by atoms with Crippen LogP contribution in [0, 0.1) is 5.82 Å². The second kappa shape index (κ2) is 6.64. The molecule has 0 spiro atoms. The van der Waals surface area contributed by atoms with Crippen LogP contribution in [0.15, 0.2) is 60.0 Å². The van der Waals surface area contributed by atoms with Crippen molar-refractivity contribution in [1.82, 2.24) is 0 Å². The van der Waals surface area contributed by atoms with Crippen molar-refractivity contribution in [3.05, 3.63) is 76.9 Å². The number of aromatic carboxylic acids is 1. The van der Waals surface area contributed by atoms with Crippen LogP contribution in [-0.2, 0) is 0 Å². The monoisotopic (exact) mass is 340 g/mol. The van der Waals surface area contributed by atoms with E-state index in [2.05, 4.69) is 5.32 Å². The van der Waals surface area contributed by atoms with Gasteiger partial charge in [0, 0.05) is 22.1 Å². The quantitative estimate of drug-likeness (QED) is 0.793. The van der Waals surface area contributed by atoms with Crippen molar-refractivity contribution in [3.63, 3.8) is 0 Å². The second-order valence-electron chi connectivity index (χ2n) is 4.97. The first-order valence-corrected chi connectivity index (χ1v) is 7.89. The van der Waals surface area contributed by atoms with Gasteiger partial charge in [-0.3, -0.25) is 4.79 Å². The number of carboxylic acid groups (broad SMARTS) is 1. The van der Waals surface area contributed by atoms with Crippen molar-refractivity contribution in [2.75, 3.05) is 5.32 Å². The molecular weight excluding hydrogens is 329 g/mol. The summed E-state index contributed by atoms with van der Waals surface area (Å²) in [6, 6.07) is 14.0. The Kier molecular flexibility index (Phi) is 4.39. The number of nitrogens with one attached hydrogen (secondary N) is 1. The molecule has 3 rings (SSSR count). The number of carbonyl (C=O) groups excluding carboxylic acids is 2. The Labute approximate surface area is 141 Å². The first-order chi connectivity index (χ1) is 11.6. The maximum atomic E-state index is 12.9. The fraction of sp³-hybridized carbons (Fsp3) is 0. The molecule has 1 aromatic heterocycles. The molecule has 6 heteroatoms. The number of benzene rings is 2. The number of thiophene rings is 1. The lowest BCUT2D eigenvalue weighted by molar-refractivity contribution is -0.254. The van der Waals surface area contributed by atoms with E-state index in [0.29, 0.717) is 5.56 Å². The standard InChI is InChI=1S/C18H12FNO3S/c19-13-8-6-12(7-9-13)16(21)20-17-15(18(22)23)14(10-24-17)11-4-2-1-3-5-11/h1-10H,(H,20,21)(H,22,23)/p-1. The molecule has 0 aliphatic heterocycles. The Bertz CT molecular complexity index is 888. The van der Waals surface area contributed by atoms with Gasteiger partial charge in [-0.2, -0.15) is 0 Å². The van der Waals surface area contributed by atoms with Crippen molar-refractivity contribution in [1.29, 1.82) is 0 Å². The van der Waals surface area contributed by atoms with Gasteiger partial charge in [-0.25, -0.2) is 4.39 Å². The highest BCUT2D eigenvalue weighted by Gasteiger charge is 2.17. The van der Waals surface area contributed by atoms with Gasteiger partial charge in [0.1, 0.15) is 10.8 Å². The van der Waals surface area contributed by atoms with Crippen molar-refractivity contribution in [3.8, 4) is 11.1 Å². The molecule has 1 heterocycles. The van der Waals surface area contributed by atoms with Crippen LogP contribution in [0.4, 0.5) is 9.39 Å². The third-order valence-electron chi connectivity index (χ3n) is 3.41. The molecule has 3 aromatic rings. The highest BCUT2D eigenvalue weighted by molar-refractivity contribution is 7.15. The summed E-state index contributed by atoms with van der Waals surface area (Å²) < 4.78 is 12.9. The van der Waals surface area contributed by atoms with E-state index in [4.69, 9.17) is 0 Å². The number of hydrogen-bond acceptors (Lipinski definition) is 4. The van der Waals surface area contributed by atoms with Crippen molar-refractivity contribution in [2.45, 2.75) is 0 Å². The lowest BCUT2D eigenvalue weighted by Gasteiger charge is -2.10.